The molecule has 0 spiro atoms. The first-order valence-electron chi connectivity index (χ1n) is 4.29. The van der Waals surface area contributed by atoms with Crippen LogP contribution in [-0.2, 0) is 0 Å². The van der Waals surface area contributed by atoms with Crippen molar-refractivity contribution in [3.8, 4) is 0 Å². The third-order valence-electron chi connectivity index (χ3n) is 1.63. The first-order valence-corrected chi connectivity index (χ1v) is 5.82. The number of alkyl halides is 1. The van der Waals surface area contributed by atoms with E-state index < -0.39 is 12.2 Å². The number of hydrogen-bond donors (Lipinski definition) is 2. The average molecular weight is 284 g/mol. The molecule has 2 nitrogen and oxygen atoms in total. The molecular weight excluding hydrogens is 267 g/mol. The minimum absolute atomic E-state index is 0.566. The molecule has 0 aromatic rings. The van der Waals surface area contributed by atoms with Gasteiger partial charge < -0.3 is 10.2 Å². The number of rotatable bonds is 6. The molecule has 2 atom stereocenters. The van der Waals surface area contributed by atoms with E-state index in [-0.39, 0.29) is 0 Å². The minimum Gasteiger partial charge on any atom is -0.390 e. The molecule has 0 saturated carbocycles. The van der Waals surface area contributed by atoms with E-state index in [1.807, 2.05) is 6.08 Å². The highest BCUT2D eigenvalue weighted by Gasteiger charge is 2.12. The second-order valence-corrected chi connectivity index (χ2v) is 3.63. The smallest absolute Gasteiger partial charge is 0.0888 e. The van der Waals surface area contributed by atoms with Gasteiger partial charge in [-0.1, -0.05) is 41.7 Å². The summed E-state index contributed by atoms with van der Waals surface area (Å²) in [5.74, 6) is 0. The summed E-state index contributed by atoms with van der Waals surface area (Å²) in [5.41, 5.74) is 0. The molecule has 0 aromatic carbocycles. The van der Waals surface area contributed by atoms with E-state index in [4.69, 9.17) is 0 Å². The Morgan fingerprint density at radius 3 is 2.42 bits per heavy atom. The molecule has 0 bridgehead atoms. The van der Waals surface area contributed by atoms with Crippen LogP contribution in [0.15, 0.2) is 12.2 Å². The van der Waals surface area contributed by atoms with Crippen molar-refractivity contribution in [3.63, 3.8) is 0 Å². The lowest BCUT2D eigenvalue weighted by Crippen LogP contribution is -2.26. The lowest BCUT2D eigenvalue weighted by Gasteiger charge is -2.13. The molecule has 0 radical (unpaired) electrons. The van der Waals surface area contributed by atoms with Crippen LogP contribution in [0.3, 0.4) is 0 Å². The van der Waals surface area contributed by atoms with E-state index in [1.165, 1.54) is 0 Å². The maximum absolute atomic E-state index is 9.33. The normalized spacial score (nSPS) is 16.7. The van der Waals surface area contributed by atoms with E-state index in [0.29, 0.717) is 10.8 Å². The molecule has 2 N–H and O–H groups in total. The maximum Gasteiger partial charge on any atom is 0.0888 e. The minimum atomic E-state index is -0.569. The fraction of sp³-hybridized carbons (Fsp3) is 0.778. The van der Waals surface area contributed by atoms with E-state index in [9.17, 15) is 10.2 Å². The van der Waals surface area contributed by atoms with E-state index in [2.05, 4.69) is 35.6 Å². The Hall–Kier alpha value is 0.390. The average Bonchev–Trinajstić information content (AvgIpc) is 2.10. The third kappa shape index (κ3) is 5.97. The lowest BCUT2D eigenvalue weighted by atomic mass is 10.1. The van der Waals surface area contributed by atoms with Gasteiger partial charge in [-0.15, -0.1) is 0 Å². The van der Waals surface area contributed by atoms with Gasteiger partial charge in [-0.3, -0.25) is 0 Å². The zero-order valence-corrected chi connectivity index (χ0v) is 9.57. The highest BCUT2D eigenvalue weighted by atomic mass is 127. The van der Waals surface area contributed by atoms with Gasteiger partial charge in [-0.2, -0.15) is 0 Å². The molecule has 0 aliphatic rings. The molecule has 0 heterocycles. The SMILES string of the molecule is CC/C=C\CC[C@@H](O)[C@H](O)CI. The van der Waals surface area contributed by atoms with Gasteiger partial charge >= 0.3 is 0 Å². The van der Waals surface area contributed by atoms with Gasteiger partial charge in [0.1, 0.15) is 0 Å². The fourth-order valence-corrected chi connectivity index (χ4v) is 1.43. The summed E-state index contributed by atoms with van der Waals surface area (Å²) >= 11 is 2.07. The molecule has 12 heavy (non-hydrogen) atoms. The molecule has 0 aromatic heterocycles. The first kappa shape index (κ1) is 12.4. The summed E-state index contributed by atoms with van der Waals surface area (Å²) < 4.78 is 0.594. The van der Waals surface area contributed by atoms with E-state index in [1.54, 1.807) is 0 Å². The molecule has 0 amide bonds. The number of aliphatic hydroxyl groups excluding tert-OH is 2. The van der Waals surface area contributed by atoms with Gasteiger partial charge in [0.05, 0.1) is 12.2 Å². The van der Waals surface area contributed by atoms with Crippen LogP contribution in [0, 0.1) is 0 Å². The second kappa shape index (κ2) is 8.01. The van der Waals surface area contributed by atoms with Crippen molar-refractivity contribution in [3.05, 3.63) is 12.2 Å². The summed E-state index contributed by atoms with van der Waals surface area (Å²) in [4.78, 5) is 0. The fourth-order valence-electron chi connectivity index (χ4n) is 0.847. The van der Waals surface area contributed by atoms with Crippen molar-refractivity contribution in [1.82, 2.24) is 0 Å². The van der Waals surface area contributed by atoms with Crippen molar-refractivity contribution in [2.45, 2.75) is 38.4 Å². The van der Waals surface area contributed by atoms with Crippen LogP contribution in [0.5, 0.6) is 0 Å². The predicted molar refractivity (Wildman–Crippen MR) is 59.6 cm³/mol. The van der Waals surface area contributed by atoms with E-state index in [0.717, 1.165) is 12.8 Å². The van der Waals surface area contributed by atoms with Gasteiger partial charge in [0.2, 0.25) is 0 Å². The zero-order valence-electron chi connectivity index (χ0n) is 7.41. The molecule has 0 rings (SSSR count). The van der Waals surface area contributed by atoms with Crippen molar-refractivity contribution >= 4 is 22.6 Å². The summed E-state index contributed by atoms with van der Waals surface area (Å²) in [6.07, 6.45) is 5.52. The molecule has 0 aliphatic heterocycles. The maximum atomic E-state index is 9.33. The summed E-state index contributed by atoms with van der Waals surface area (Å²) in [6, 6.07) is 0. The third-order valence-corrected chi connectivity index (χ3v) is 2.54. The summed E-state index contributed by atoms with van der Waals surface area (Å²) in [5, 5.41) is 18.5. The highest BCUT2D eigenvalue weighted by molar-refractivity contribution is 14.1. The monoisotopic (exact) mass is 284 g/mol. The Balaban J connectivity index is 3.43. The van der Waals surface area contributed by atoms with Crippen LogP contribution in [-0.4, -0.2) is 26.8 Å². The van der Waals surface area contributed by atoms with Gasteiger partial charge in [0, 0.05) is 4.43 Å². The second-order valence-electron chi connectivity index (χ2n) is 2.75. The molecule has 3 heteroatoms. The number of hydrogen-bond acceptors (Lipinski definition) is 2. The van der Waals surface area contributed by atoms with Gasteiger partial charge in [-0.05, 0) is 19.3 Å². The van der Waals surface area contributed by atoms with Crippen molar-refractivity contribution in [1.29, 1.82) is 0 Å². The Bertz CT molecular complexity index is 126. The van der Waals surface area contributed by atoms with Gasteiger partial charge in [0.25, 0.3) is 0 Å². The Morgan fingerprint density at radius 2 is 1.92 bits per heavy atom. The Labute approximate surface area is 87.8 Å². The van der Waals surface area contributed by atoms with Crippen molar-refractivity contribution < 1.29 is 10.2 Å². The Morgan fingerprint density at radius 1 is 1.25 bits per heavy atom. The van der Waals surface area contributed by atoms with Crippen LogP contribution in [0.4, 0.5) is 0 Å². The van der Waals surface area contributed by atoms with Crippen LogP contribution in [0.1, 0.15) is 26.2 Å². The van der Waals surface area contributed by atoms with Crippen LogP contribution in [0.25, 0.3) is 0 Å². The summed E-state index contributed by atoms with van der Waals surface area (Å²) in [6.45, 7) is 2.08. The Kier molecular flexibility index (Phi) is 8.27. The van der Waals surface area contributed by atoms with Crippen molar-refractivity contribution in [2.24, 2.45) is 0 Å². The molecule has 72 valence electrons. The van der Waals surface area contributed by atoms with Crippen LogP contribution in [0.2, 0.25) is 0 Å². The van der Waals surface area contributed by atoms with Gasteiger partial charge in [-0.25, -0.2) is 0 Å². The molecule has 0 unspecified atom stereocenters. The largest absolute Gasteiger partial charge is 0.390 e. The standard InChI is InChI=1S/C9H17IO2/c1-2-3-4-5-6-8(11)9(12)7-10/h3-4,8-9,11-12H,2,5-7H2,1H3/b4-3-/t8-,9-/m1/s1. The molecular formula is C9H17IO2. The molecule has 0 fully saturated rings. The number of halogens is 1. The predicted octanol–water partition coefficient (Wildman–Crippen LogP) is 1.89. The number of aliphatic hydroxyl groups is 2. The molecule has 0 saturated heterocycles. The van der Waals surface area contributed by atoms with Crippen molar-refractivity contribution in [2.75, 3.05) is 4.43 Å². The highest BCUT2D eigenvalue weighted by Crippen LogP contribution is 2.05. The first-order chi connectivity index (χ1) is 5.72. The van der Waals surface area contributed by atoms with E-state index >= 15 is 0 Å². The van der Waals surface area contributed by atoms with Gasteiger partial charge in [0.15, 0.2) is 0 Å². The molecule has 0 aliphatic carbocycles. The zero-order chi connectivity index (χ0) is 9.40. The number of allylic oxidation sites excluding steroid dienone is 2. The summed E-state index contributed by atoms with van der Waals surface area (Å²) in [7, 11) is 0. The quantitative estimate of drug-likeness (QED) is 0.444. The van der Waals surface area contributed by atoms with Crippen LogP contribution < -0.4 is 0 Å². The van der Waals surface area contributed by atoms with Crippen LogP contribution >= 0.6 is 22.6 Å². The lowest BCUT2D eigenvalue weighted by molar-refractivity contribution is 0.0315. The topological polar surface area (TPSA) is 40.5 Å².